The summed E-state index contributed by atoms with van der Waals surface area (Å²) in [6.45, 7) is 2.47. The van der Waals surface area contributed by atoms with E-state index in [9.17, 15) is 4.79 Å². The van der Waals surface area contributed by atoms with Crippen LogP contribution < -0.4 is 5.32 Å². The number of fused-ring (bicyclic) bond motifs is 2. The molecule has 0 saturated carbocycles. The van der Waals surface area contributed by atoms with Crippen molar-refractivity contribution >= 4 is 5.91 Å². The zero-order chi connectivity index (χ0) is 9.42. The van der Waals surface area contributed by atoms with Gasteiger partial charge in [-0.3, -0.25) is 4.79 Å². The largest absolute Gasteiger partial charge is 0.356 e. The Morgan fingerprint density at radius 2 is 2.31 bits per heavy atom. The molecule has 0 aromatic heterocycles. The molecule has 3 atom stereocenters. The highest BCUT2D eigenvalue weighted by molar-refractivity contribution is 5.72. The summed E-state index contributed by atoms with van der Waals surface area (Å²) in [4.78, 5) is 13.3. The van der Waals surface area contributed by atoms with Crippen molar-refractivity contribution in [3.05, 3.63) is 0 Å². The van der Waals surface area contributed by atoms with E-state index >= 15 is 0 Å². The van der Waals surface area contributed by atoms with Crippen molar-refractivity contribution in [2.75, 3.05) is 13.6 Å². The van der Waals surface area contributed by atoms with Crippen molar-refractivity contribution in [1.29, 1.82) is 0 Å². The Bertz CT molecular complexity index is 217. The van der Waals surface area contributed by atoms with E-state index in [-0.39, 0.29) is 5.91 Å². The minimum atomic E-state index is 0.102. The summed E-state index contributed by atoms with van der Waals surface area (Å²) in [7, 11) is 2.22. The molecule has 2 fully saturated rings. The Balaban J connectivity index is 1.86. The highest BCUT2D eigenvalue weighted by Crippen LogP contribution is 2.39. The van der Waals surface area contributed by atoms with Gasteiger partial charge in [0.25, 0.3) is 0 Å². The number of hydrogen-bond donors (Lipinski definition) is 1. The van der Waals surface area contributed by atoms with Crippen LogP contribution in [0.25, 0.3) is 0 Å². The summed E-state index contributed by atoms with van der Waals surface area (Å²) < 4.78 is 0. The Hall–Kier alpha value is -0.570. The summed E-state index contributed by atoms with van der Waals surface area (Å²) in [5, 5.41) is 2.93. The molecule has 2 rings (SSSR count). The lowest BCUT2D eigenvalue weighted by Gasteiger charge is -2.21. The van der Waals surface area contributed by atoms with Gasteiger partial charge in [0.05, 0.1) is 0 Å². The van der Waals surface area contributed by atoms with E-state index in [0.29, 0.717) is 5.92 Å². The fraction of sp³-hybridized carbons (Fsp3) is 0.900. The molecule has 74 valence electrons. The SMILES string of the molecule is CC(=O)NCC1CC2CCC1N2C. The third-order valence-corrected chi connectivity index (χ3v) is 3.63. The van der Waals surface area contributed by atoms with Gasteiger partial charge >= 0.3 is 0 Å². The highest BCUT2D eigenvalue weighted by Gasteiger charge is 2.43. The minimum absolute atomic E-state index is 0.102. The Morgan fingerprint density at radius 1 is 1.54 bits per heavy atom. The molecule has 2 bridgehead atoms. The number of carbonyl (C=O) groups excluding carboxylic acids is 1. The van der Waals surface area contributed by atoms with Crippen molar-refractivity contribution in [2.24, 2.45) is 5.92 Å². The molecule has 0 aromatic carbocycles. The average molecular weight is 182 g/mol. The van der Waals surface area contributed by atoms with Crippen molar-refractivity contribution in [2.45, 2.75) is 38.3 Å². The van der Waals surface area contributed by atoms with Gasteiger partial charge in [-0.15, -0.1) is 0 Å². The first kappa shape index (κ1) is 9.00. The molecular weight excluding hydrogens is 164 g/mol. The van der Waals surface area contributed by atoms with Gasteiger partial charge in [0.1, 0.15) is 0 Å². The lowest BCUT2D eigenvalue weighted by molar-refractivity contribution is -0.119. The maximum Gasteiger partial charge on any atom is 0.216 e. The molecule has 1 N–H and O–H groups in total. The van der Waals surface area contributed by atoms with Crippen LogP contribution >= 0.6 is 0 Å². The molecule has 2 aliphatic heterocycles. The summed E-state index contributed by atoms with van der Waals surface area (Å²) >= 11 is 0. The summed E-state index contributed by atoms with van der Waals surface area (Å²) in [5.41, 5.74) is 0. The van der Waals surface area contributed by atoms with Crippen molar-refractivity contribution in [3.63, 3.8) is 0 Å². The van der Waals surface area contributed by atoms with Gasteiger partial charge < -0.3 is 10.2 Å². The zero-order valence-electron chi connectivity index (χ0n) is 8.42. The van der Waals surface area contributed by atoms with E-state index in [2.05, 4.69) is 17.3 Å². The standard InChI is InChI=1S/C10H18N2O/c1-7(13)11-6-8-5-9-3-4-10(8)12(9)2/h8-10H,3-6H2,1-2H3,(H,11,13). The lowest BCUT2D eigenvalue weighted by atomic mass is 9.89. The fourth-order valence-electron chi connectivity index (χ4n) is 2.89. The number of hydrogen-bond acceptors (Lipinski definition) is 2. The van der Waals surface area contributed by atoms with Gasteiger partial charge in [-0.1, -0.05) is 0 Å². The molecule has 1 amide bonds. The van der Waals surface area contributed by atoms with Crippen molar-refractivity contribution in [3.8, 4) is 0 Å². The molecular formula is C10H18N2O. The first-order chi connectivity index (χ1) is 6.18. The van der Waals surface area contributed by atoms with Crippen LogP contribution in [0.15, 0.2) is 0 Å². The number of carbonyl (C=O) groups is 1. The molecule has 13 heavy (non-hydrogen) atoms. The van der Waals surface area contributed by atoms with Crippen LogP contribution in [-0.2, 0) is 4.79 Å². The zero-order valence-corrected chi connectivity index (χ0v) is 8.42. The molecule has 0 spiro atoms. The Morgan fingerprint density at radius 3 is 2.77 bits per heavy atom. The van der Waals surface area contributed by atoms with E-state index in [1.807, 2.05) is 0 Å². The van der Waals surface area contributed by atoms with E-state index in [1.165, 1.54) is 19.3 Å². The Kier molecular flexibility index (Phi) is 2.28. The molecule has 0 aromatic rings. The van der Waals surface area contributed by atoms with Gasteiger partial charge in [-0.05, 0) is 32.2 Å². The second-order valence-electron chi connectivity index (χ2n) is 4.40. The minimum Gasteiger partial charge on any atom is -0.356 e. The molecule has 0 aliphatic carbocycles. The van der Waals surface area contributed by atoms with E-state index in [1.54, 1.807) is 6.92 Å². The van der Waals surface area contributed by atoms with Gasteiger partial charge in [-0.25, -0.2) is 0 Å². The van der Waals surface area contributed by atoms with Crippen LogP contribution in [0, 0.1) is 5.92 Å². The topological polar surface area (TPSA) is 32.3 Å². The van der Waals surface area contributed by atoms with E-state index < -0.39 is 0 Å². The van der Waals surface area contributed by atoms with Gasteiger partial charge in [0, 0.05) is 25.6 Å². The van der Waals surface area contributed by atoms with Gasteiger partial charge in [0.15, 0.2) is 0 Å². The van der Waals surface area contributed by atoms with Crippen molar-refractivity contribution in [1.82, 2.24) is 10.2 Å². The van der Waals surface area contributed by atoms with Gasteiger partial charge in [-0.2, -0.15) is 0 Å². The molecule has 3 unspecified atom stereocenters. The molecule has 3 nitrogen and oxygen atoms in total. The smallest absolute Gasteiger partial charge is 0.216 e. The molecule has 0 radical (unpaired) electrons. The fourth-order valence-corrected chi connectivity index (χ4v) is 2.89. The summed E-state index contributed by atoms with van der Waals surface area (Å²) in [6.07, 6.45) is 3.96. The third-order valence-electron chi connectivity index (χ3n) is 3.63. The molecule has 2 aliphatic rings. The van der Waals surface area contributed by atoms with Crippen LogP contribution in [0.4, 0.5) is 0 Å². The van der Waals surface area contributed by atoms with Crippen LogP contribution in [-0.4, -0.2) is 36.5 Å². The normalized spacial score (nSPS) is 38.2. The highest BCUT2D eigenvalue weighted by atomic mass is 16.1. The Labute approximate surface area is 79.5 Å². The summed E-state index contributed by atoms with van der Waals surface area (Å²) in [5.74, 6) is 0.804. The van der Waals surface area contributed by atoms with Crippen molar-refractivity contribution < 1.29 is 4.79 Å². The monoisotopic (exact) mass is 182 g/mol. The number of amides is 1. The number of nitrogens with zero attached hydrogens (tertiary/aromatic N) is 1. The summed E-state index contributed by atoms with van der Waals surface area (Å²) in [6, 6.07) is 1.53. The first-order valence-corrected chi connectivity index (χ1v) is 5.15. The van der Waals surface area contributed by atoms with E-state index in [4.69, 9.17) is 0 Å². The number of nitrogens with one attached hydrogen (secondary N) is 1. The lowest BCUT2D eigenvalue weighted by Crippen LogP contribution is -2.34. The quantitative estimate of drug-likeness (QED) is 0.678. The molecule has 2 heterocycles. The van der Waals surface area contributed by atoms with Crippen LogP contribution in [0.2, 0.25) is 0 Å². The maximum absolute atomic E-state index is 10.8. The second-order valence-corrected chi connectivity index (χ2v) is 4.40. The van der Waals surface area contributed by atoms with Crippen LogP contribution in [0.5, 0.6) is 0 Å². The average Bonchev–Trinajstić information content (AvgIpc) is 2.58. The second kappa shape index (κ2) is 3.29. The molecule has 2 saturated heterocycles. The predicted molar refractivity (Wildman–Crippen MR) is 51.4 cm³/mol. The van der Waals surface area contributed by atoms with Crippen LogP contribution in [0.3, 0.4) is 0 Å². The van der Waals surface area contributed by atoms with Crippen LogP contribution in [0.1, 0.15) is 26.2 Å². The predicted octanol–water partition coefficient (Wildman–Crippen LogP) is 0.605. The maximum atomic E-state index is 10.8. The molecule has 3 heteroatoms. The number of rotatable bonds is 2. The first-order valence-electron chi connectivity index (χ1n) is 5.15. The van der Waals surface area contributed by atoms with E-state index in [0.717, 1.165) is 18.6 Å². The third kappa shape index (κ3) is 1.57. The van der Waals surface area contributed by atoms with Gasteiger partial charge in [0.2, 0.25) is 5.91 Å².